The molecule has 0 aliphatic heterocycles. The van der Waals surface area contributed by atoms with E-state index in [1.54, 1.807) is 0 Å². The Kier molecular flexibility index (Phi) is 5.49. The van der Waals surface area contributed by atoms with Gasteiger partial charge in [0.15, 0.2) is 0 Å². The fourth-order valence-electron chi connectivity index (χ4n) is 2.94. The number of aliphatic hydroxyl groups is 1. The first kappa shape index (κ1) is 17.9. The molecule has 0 spiro atoms. The van der Waals surface area contributed by atoms with Gasteiger partial charge in [0.05, 0.1) is 18.2 Å². The van der Waals surface area contributed by atoms with Crippen LogP contribution in [0, 0.1) is 6.92 Å². The van der Waals surface area contributed by atoms with E-state index in [-0.39, 0.29) is 25.2 Å². The van der Waals surface area contributed by atoms with Crippen LogP contribution in [0.25, 0.3) is 10.9 Å². The number of hydrogen-bond donors (Lipinski definition) is 2. The van der Waals surface area contributed by atoms with Crippen LogP contribution in [0.4, 0.5) is 0 Å². The summed E-state index contributed by atoms with van der Waals surface area (Å²) in [7, 11) is 0. The number of nitrogens with zero attached hydrogens (tertiary/aromatic N) is 1. The number of benzene rings is 2. The van der Waals surface area contributed by atoms with Crippen LogP contribution >= 0.6 is 0 Å². The highest BCUT2D eigenvalue weighted by Gasteiger charge is 2.17. The summed E-state index contributed by atoms with van der Waals surface area (Å²) < 4.78 is 5.49. The number of pyridine rings is 1. The SMILES string of the molecule is Cc1ccccc1C(=O)NC(C)c1cc(OCCO)nc2ccccc12. The molecular weight excluding hydrogens is 328 g/mol. The van der Waals surface area contributed by atoms with Crippen molar-refractivity contribution in [2.24, 2.45) is 0 Å². The lowest BCUT2D eigenvalue weighted by molar-refractivity contribution is 0.0939. The maximum absolute atomic E-state index is 12.7. The van der Waals surface area contributed by atoms with E-state index in [1.807, 2.05) is 68.4 Å². The summed E-state index contributed by atoms with van der Waals surface area (Å²) in [6, 6.07) is 16.8. The molecule has 1 atom stereocenters. The lowest BCUT2D eigenvalue weighted by atomic mass is 10.0. The molecule has 1 heterocycles. The summed E-state index contributed by atoms with van der Waals surface area (Å²) in [5, 5.41) is 13.0. The Morgan fingerprint density at radius 3 is 2.69 bits per heavy atom. The van der Waals surface area contributed by atoms with Crippen LogP contribution in [0.2, 0.25) is 0 Å². The second-order valence-electron chi connectivity index (χ2n) is 6.15. The summed E-state index contributed by atoms with van der Waals surface area (Å²) in [6.45, 7) is 3.95. The highest BCUT2D eigenvalue weighted by molar-refractivity contribution is 5.96. The van der Waals surface area contributed by atoms with Crippen LogP contribution in [0.1, 0.15) is 34.5 Å². The predicted octanol–water partition coefficient (Wildman–Crippen LogP) is 3.41. The summed E-state index contributed by atoms with van der Waals surface area (Å²) in [4.78, 5) is 17.1. The quantitative estimate of drug-likeness (QED) is 0.715. The average Bonchev–Trinajstić information content (AvgIpc) is 2.65. The Morgan fingerprint density at radius 1 is 1.19 bits per heavy atom. The molecule has 0 aliphatic rings. The molecule has 0 aliphatic carbocycles. The Bertz CT molecular complexity index is 924. The number of carbonyl (C=O) groups excluding carboxylic acids is 1. The van der Waals surface area contributed by atoms with Crippen LogP contribution in [0.15, 0.2) is 54.6 Å². The van der Waals surface area contributed by atoms with Gasteiger partial charge in [-0.3, -0.25) is 4.79 Å². The second kappa shape index (κ2) is 7.97. The maximum atomic E-state index is 12.7. The van der Waals surface area contributed by atoms with Gasteiger partial charge >= 0.3 is 0 Å². The zero-order chi connectivity index (χ0) is 18.5. The Labute approximate surface area is 152 Å². The normalized spacial score (nSPS) is 12.0. The fourth-order valence-corrected chi connectivity index (χ4v) is 2.94. The molecule has 0 saturated heterocycles. The first-order chi connectivity index (χ1) is 12.6. The van der Waals surface area contributed by atoms with Crippen LogP contribution in [-0.4, -0.2) is 29.2 Å². The zero-order valence-electron chi connectivity index (χ0n) is 14.9. The molecule has 5 heteroatoms. The molecule has 5 nitrogen and oxygen atoms in total. The molecule has 0 saturated carbocycles. The van der Waals surface area contributed by atoms with E-state index in [9.17, 15) is 4.79 Å². The van der Waals surface area contributed by atoms with Gasteiger partial charge in [-0.1, -0.05) is 36.4 Å². The predicted molar refractivity (Wildman–Crippen MR) is 101 cm³/mol. The average molecular weight is 350 g/mol. The zero-order valence-corrected chi connectivity index (χ0v) is 14.9. The first-order valence-corrected chi connectivity index (χ1v) is 8.60. The highest BCUT2D eigenvalue weighted by Crippen LogP contribution is 2.27. The number of aryl methyl sites for hydroxylation is 1. The molecule has 1 amide bonds. The Hall–Kier alpha value is -2.92. The van der Waals surface area contributed by atoms with E-state index in [0.29, 0.717) is 11.4 Å². The van der Waals surface area contributed by atoms with E-state index in [0.717, 1.165) is 22.0 Å². The molecule has 1 unspecified atom stereocenters. The van der Waals surface area contributed by atoms with Crippen molar-refractivity contribution in [3.8, 4) is 5.88 Å². The molecule has 26 heavy (non-hydrogen) atoms. The molecule has 0 bridgehead atoms. The van der Waals surface area contributed by atoms with E-state index in [2.05, 4.69) is 10.3 Å². The van der Waals surface area contributed by atoms with Gasteiger partial charge < -0.3 is 15.2 Å². The van der Waals surface area contributed by atoms with E-state index < -0.39 is 0 Å². The van der Waals surface area contributed by atoms with Crippen molar-refractivity contribution in [2.75, 3.05) is 13.2 Å². The van der Waals surface area contributed by atoms with Gasteiger partial charge in [0, 0.05) is 17.0 Å². The number of nitrogens with one attached hydrogen (secondary N) is 1. The van der Waals surface area contributed by atoms with Crippen LogP contribution in [0.5, 0.6) is 5.88 Å². The summed E-state index contributed by atoms with van der Waals surface area (Å²) in [5.41, 5.74) is 3.30. The van der Waals surface area contributed by atoms with Crippen LogP contribution in [0.3, 0.4) is 0 Å². The van der Waals surface area contributed by atoms with Crippen molar-refractivity contribution in [2.45, 2.75) is 19.9 Å². The van der Waals surface area contributed by atoms with E-state index >= 15 is 0 Å². The molecule has 0 radical (unpaired) electrons. The number of hydrogen-bond acceptors (Lipinski definition) is 4. The van der Waals surface area contributed by atoms with Crippen molar-refractivity contribution < 1.29 is 14.6 Å². The molecule has 3 rings (SSSR count). The number of rotatable bonds is 6. The minimum atomic E-state index is -0.230. The summed E-state index contributed by atoms with van der Waals surface area (Å²) in [5.74, 6) is 0.319. The number of aliphatic hydroxyl groups excluding tert-OH is 1. The van der Waals surface area contributed by atoms with Gasteiger partial charge in [0.1, 0.15) is 6.61 Å². The van der Waals surface area contributed by atoms with Gasteiger partial charge in [0.2, 0.25) is 5.88 Å². The lowest BCUT2D eigenvalue weighted by Crippen LogP contribution is -2.27. The molecule has 1 aromatic heterocycles. The van der Waals surface area contributed by atoms with Gasteiger partial charge in [0.25, 0.3) is 5.91 Å². The molecule has 2 aromatic carbocycles. The summed E-state index contributed by atoms with van der Waals surface area (Å²) >= 11 is 0. The van der Waals surface area contributed by atoms with E-state index in [4.69, 9.17) is 9.84 Å². The van der Waals surface area contributed by atoms with Crippen LogP contribution < -0.4 is 10.1 Å². The number of fused-ring (bicyclic) bond motifs is 1. The number of carbonyl (C=O) groups is 1. The fraction of sp³-hybridized carbons (Fsp3) is 0.238. The maximum Gasteiger partial charge on any atom is 0.252 e. The smallest absolute Gasteiger partial charge is 0.252 e. The molecule has 3 aromatic rings. The second-order valence-corrected chi connectivity index (χ2v) is 6.15. The third-order valence-electron chi connectivity index (χ3n) is 4.27. The van der Waals surface area contributed by atoms with E-state index in [1.165, 1.54) is 0 Å². The largest absolute Gasteiger partial charge is 0.475 e. The van der Waals surface area contributed by atoms with Crippen molar-refractivity contribution in [3.05, 3.63) is 71.3 Å². The number of ether oxygens (including phenoxy) is 1. The molecule has 134 valence electrons. The molecular formula is C21H22N2O3. The highest BCUT2D eigenvalue weighted by atomic mass is 16.5. The summed E-state index contributed by atoms with van der Waals surface area (Å²) in [6.07, 6.45) is 0. The lowest BCUT2D eigenvalue weighted by Gasteiger charge is -2.18. The minimum Gasteiger partial charge on any atom is -0.475 e. The van der Waals surface area contributed by atoms with Crippen molar-refractivity contribution in [1.29, 1.82) is 0 Å². The van der Waals surface area contributed by atoms with Crippen molar-refractivity contribution in [3.63, 3.8) is 0 Å². The first-order valence-electron chi connectivity index (χ1n) is 8.60. The number of amides is 1. The van der Waals surface area contributed by atoms with Crippen LogP contribution in [-0.2, 0) is 0 Å². The topological polar surface area (TPSA) is 71.5 Å². The molecule has 0 fully saturated rings. The van der Waals surface area contributed by atoms with Gasteiger partial charge in [-0.15, -0.1) is 0 Å². The van der Waals surface area contributed by atoms with Gasteiger partial charge in [-0.05, 0) is 37.1 Å². The minimum absolute atomic E-state index is 0.0799. The molecule has 2 N–H and O–H groups in total. The van der Waals surface area contributed by atoms with Gasteiger partial charge in [-0.2, -0.15) is 0 Å². The van der Waals surface area contributed by atoms with Crippen molar-refractivity contribution >= 4 is 16.8 Å². The Balaban J connectivity index is 1.92. The monoisotopic (exact) mass is 350 g/mol. The third-order valence-corrected chi connectivity index (χ3v) is 4.27. The van der Waals surface area contributed by atoms with Crippen molar-refractivity contribution in [1.82, 2.24) is 10.3 Å². The Morgan fingerprint density at radius 2 is 1.92 bits per heavy atom. The standard InChI is InChI=1S/C21H22N2O3/c1-14-7-3-4-8-16(14)21(25)22-15(2)18-13-20(26-12-11-24)23-19-10-6-5-9-17(18)19/h3-10,13,15,24H,11-12H2,1-2H3,(H,22,25). The number of aromatic nitrogens is 1. The van der Waals surface area contributed by atoms with Gasteiger partial charge in [-0.25, -0.2) is 4.98 Å². The third kappa shape index (κ3) is 3.83. The number of para-hydroxylation sites is 1.